The summed E-state index contributed by atoms with van der Waals surface area (Å²) in [7, 11) is 0. The number of hydrogen-bond acceptors (Lipinski definition) is 6. The third-order valence-electron chi connectivity index (χ3n) is 3.38. The highest BCUT2D eigenvalue weighted by atomic mass is 16.6. The molecule has 1 aliphatic rings. The molecule has 1 aromatic carbocycles. The minimum absolute atomic E-state index is 0.108. The van der Waals surface area contributed by atoms with Crippen molar-refractivity contribution in [3.63, 3.8) is 0 Å². The van der Waals surface area contributed by atoms with E-state index in [-0.39, 0.29) is 17.3 Å². The zero-order valence-electron chi connectivity index (χ0n) is 11.1. The molecule has 20 heavy (non-hydrogen) atoms. The first kappa shape index (κ1) is 14.1. The van der Waals surface area contributed by atoms with Crippen molar-refractivity contribution in [2.75, 3.05) is 23.4 Å². The molecule has 1 unspecified atom stereocenters. The molecule has 0 aliphatic carbocycles. The van der Waals surface area contributed by atoms with E-state index in [1.165, 1.54) is 6.07 Å². The largest absolute Gasteiger partial charge is 0.353 e. The Morgan fingerprint density at radius 2 is 2.35 bits per heavy atom. The van der Waals surface area contributed by atoms with Gasteiger partial charge in [-0.3, -0.25) is 20.8 Å². The van der Waals surface area contributed by atoms with Gasteiger partial charge in [0.2, 0.25) is 5.91 Å². The quantitative estimate of drug-likeness (QED) is 0.422. The number of carbonyl (C=O) groups excluding carboxylic acids is 1. The number of nitrogen functional groups attached to an aromatic ring is 1. The van der Waals surface area contributed by atoms with Crippen LogP contribution in [0.25, 0.3) is 0 Å². The van der Waals surface area contributed by atoms with Crippen LogP contribution in [0.1, 0.15) is 13.3 Å². The van der Waals surface area contributed by atoms with Gasteiger partial charge in [-0.25, -0.2) is 0 Å². The van der Waals surface area contributed by atoms with Gasteiger partial charge in [-0.2, -0.15) is 0 Å². The highest BCUT2D eigenvalue weighted by Gasteiger charge is 2.33. The number of piperazine rings is 1. The Morgan fingerprint density at radius 1 is 1.60 bits per heavy atom. The average Bonchev–Trinajstić information content (AvgIpc) is 2.45. The summed E-state index contributed by atoms with van der Waals surface area (Å²) in [6.07, 6.45) is 0.573. The van der Waals surface area contributed by atoms with Gasteiger partial charge in [0.25, 0.3) is 0 Å². The van der Waals surface area contributed by atoms with Crippen LogP contribution in [-0.2, 0) is 4.79 Å². The molecule has 0 aromatic heterocycles. The van der Waals surface area contributed by atoms with Crippen LogP contribution in [0.15, 0.2) is 18.2 Å². The Bertz CT molecular complexity index is 534. The number of para-hydroxylation sites is 1. The molecule has 0 bridgehead atoms. The van der Waals surface area contributed by atoms with Crippen LogP contribution in [0.2, 0.25) is 0 Å². The molecule has 108 valence electrons. The predicted octanol–water partition coefficient (Wildman–Crippen LogP) is 0.595. The molecule has 1 fully saturated rings. The topological polar surface area (TPSA) is 114 Å². The number of hydrogen-bond donors (Lipinski definition) is 3. The molecule has 8 nitrogen and oxygen atoms in total. The Balaban J connectivity index is 2.50. The molecule has 0 radical (unpaired) electrons. The van der Waals surface area contributed by atoms with Crippen molar-refractivity contribution in [3.8, 4) is 0 Å². The van der Waals surface area contributed by atoms with Gasteiger partial charge in [0.15, 0.2) is 0 Å². The third-order valence-corrected chi connectivity index (χ3v) is 3.38. The summed E-state index contributed by atoms with van der Waals surface area (Å²) in [6.45, 7) is 2.87. The molecule has 2 rings (SSSR count). The second-order valence-electron chi connectivity index (χ2n) is 4.48. The Hall–Kier alpha value is -2.35. The number of nitro benzene ring substituents is 1. The van der Waals surface area contributed by atoms with Crippen molar-refractivity contribution in [2.45, 2.75) is 19.4 Å². The van der Waals surface area contributed by atoms with Gasteiger partial charge in [0, 0.05) is 13.1 Å². The summed E-state index contributed by atoms with van der Waals surface area (Å²) in [5.41, 5.74) is 2.86. The van der Waals surface area contributed by atoms with Gasteiger partial charge >= 0.3 is 5.69 Å². The zero-order chi connectivity index (χ0) is 14.7. The van der Waals surface area contributed by atoms with Crippen molar-refractivity contribution in [2.24, 2.45) is 5.84 Å². The highest BCUT2D eigenvalue weighted by molar-refractivity contribution is 5.89. The fourth-order valence-corrected chi connectivity index (χ4v) is 2.48. The first-order valence-corrected chi connectivity index (χ1v) is 6.38. The summed E-state index contributed by atoms with van der Waals surface area (Å²) in [5.74, 6) is 5.22. The van der Waals surface area contributed by atoms with E-state index in [0.717, 1.165) is 0 Å². The van der Waals surface area contributed by atoms with Gasteiger partial charge in [-0.15, -0.1) is 0 Å². The van der Waals surface area contributed by atoms with Crippen LogP contribution in [-0.4, -0.2) is 30.0 Å². The fraction of sp³-hybridized carbons (Fsp3) is 0.417. The molecule has 1 saturated heterocycles. The van der Waals surface area contributed by atoms with Crippen LogP contribution in [0, 0.1) is 10.1 Å². The summed E-state index contributed by atoms with van der Waals surface area (Å²) in [5, 5.41) is 14.1. The van der Waals surface area contributed by atoms with E-state index in [0.29, 0.717) is 25.2 Å². The van der Waals surface area contributed by atoms with Crippen molar-refractivity contribution in [1.82, 2.24) is 5.32 Å². The van der Waals surface area contributed by atoms with Crippen LogP contribution >= 0.6 is 0 Å². The number of benzene rings is 1. The lowest BCUT2D eigenvalue weighted by Gasteiger charge is -2.36. The van der Waals surface area contributed by atoms with E-state index in [9.17, 15) is 14.9 Å². The predicted molar refractivity (Wildman–Crippen MR) is 75.3 cm³/mol. The number of anilines is 2. The maximum absolute atomic E-state index is 11.9. The summed E-state index contributed by atoms with van der Waals surface area (Å²) < 4.78 is 0. The lowest BCUT2D eigenvalue weighted by atomic mass is 10.1. The molecule has 8 heteroatoms. The maximum Gasteiger partial charge on any atom is 0.316 e. The summed E-state index contributed by atoms with van der Waals surface area (Å²) in [4.78, 5) is 24.5. The van der Waals surface area contributed by atoms with E-state index < -0.39 is 11.0 Å². The van der Waals surface area contributed by atoms with Crippen molar-refractivity contribution >= 4 is 23.0 Å². The van der Waals surface area contributed by atoms with E-state index in [2.05, 4.69) is 10.7 Å². The summed E-state index contributed by atoms with van der Waals surface area (Å²) in [6, 6.07) is 4.44. The van der Waals surface area contributed by atoms with Crippen LogP contribution in [0.3, 0.4) is 0 Å². The van der Waals surface area contributed by atoms with Gasteiger partial charge in [-0.05, 0) is 18.6 Å². The molecule has 1 atom stereocenters. The zero-order valence-corrected chi connectivity index (χ0v) is 11.1. The van der Waals surface area contributed by atoms with Gasteiger partial charge < -0.3 is 15.6 Å². The van der Waals surface area contributed by atoms with Crippen molar-refractivity contribution < 1.29 is 9.72 Å². The minimum atomic E-state index is -0.482. The molecule has 4 N–H and O–H groups in total. The molecule has 0 spiro atoms. The number of rotatable bonds is 4. The lowest BCUT2D eigenvalue weighted by molar-refractivity contribution is -0.383. The number of nitrogens with one attached hydrogen (secondary N) is 2. The molecular weight excluding hydrogens is 262 g/mol. The number of nitrogens with two attached hydrogens (primary N) is 1. The lowest BCUT2D eigenvalue weighted by Crippen LogP contribution is -2.55. The Labute approximate surface area is 116 Å². The molecule has 1 aliphatic heterocycles. The number of nitro groups is 1. The Morgan fingerprint density at radius 3 is 2.95 bits per heavy atom. The molecule has 0 saturated carbocycles. The van der Waals surface area contributed by atoms with Gasteiger partial charge in [-0.1, -0.05) is 13.0 Å². The Kier molecular flexibility index (Phi) is 4.04. The minimum Gasteiger partial charge on any atom is -0.353 e. The van der Waals surface area contributed by atoms with Gasteiger partial charge in [0.1, 0.15) is 17.4 Å². The fourth-order valence-electron chi connectivity index (χ4n) is 2.48. The van der Waals surface area contributed by atoms with E-state index in [4.69, 9.17) is 5.84 Å². The first-order chi connectivity index (χ1) is 9.60. The second kappa shape index (κ2) is 5.74. The van der Waals surface area contributed by atoms with Crippen LogP contribution < -0.4 is 21.5 Å². The average molecular weight is 279 g/mol. The first-order valence-electron chi connectivity index (χ1n) is 6.38. The van der Waals surface area contributed by atoms with Crippen LogP contribution in [0.5, 0.6) is 0 Å². The SMILES string of the molecule is CCC1C(=O)NCCN1c1cccc(NN)c1[N+](=O)[O-]. The standard InChI is InChI=1S/C12H17N5O3/c1-2-9-12(18)14-6-7-16(9)10-5-3-4-8(15-13)11(10)17(19)20/h3-5,9,15H,2,6-7,13H2,1H3,(H,14,18). The van der Waals surface area contributed by atoms with Crippen molar-refractivity contribution in [3.05, 3.63) is 28.3 Å². The highest BCUT2D eigenvalue weighted by Crippen LogP contribution is 2.36. The maximum atomic E-state index is 11.9. The normalized spacial score (nSPS) is 18.6. The summed E-state index contributed by atoms with van der Waals surface area (Å²) >= 11 is 0. The number of carbonyl (C=O) groups is 1. The third kappa shape index (κ3) is 2.37. The van der Waals surface area contributed by atoms with Gasteiger partial charge in [0.05, 0.1) is 4.92 Å². The molecular formula is C12H17N5O3. The smallest absolute Gasteiger partial charge is 0.316 e. The molecule has 1 aromatic rings. The van der Waals surface area contributed by atoms with Crippen molar-refractivity contribution in [1.29, 1.82) is 0 Å². The number of hydrazine groups is 1. The van der Waals surface area contributed by atoms with Crippen LogP contribution in [0.4, 0.5) is 17.1 Å². The second-order valence-corrected chi connectivity index (χ2v) is 4.48. The van der Waals surface area contributed by atoms with E-state index in [1.54, 1.807) is 17.0 Å². The number of amides is 1. The van der Waals surface area contributed by atoms with E-state index >= 15 is 0 Å². The molecule has 1 amide bonds. The van der Waals surface area contributed by atoms with E-state index in [1.807, 2.05) is 6.92 Å². The monoisotopic (exact) mass is 279 g/mol. The molecule has 1 heterocycles. The number of nitrogens with zero attached hydrogens (tertiary/aromatic N) is 2.